The molecule has 2 saturated carbocycles. The van der Waals surface area contributed by atoms with E-state index in [9.17, 15) is 14.4 Å². The second-order valence-corrected chi connectivity index (χ2v) is 11.7. The summed E-state index contributed by atoms with van der Waals surface area (Å²) in [5.74, 6) is 1.16. The molecule has 5 rings (SSSR count). The molecule has 9 nitrogen and oxygen atoms in total. The Labute approximate surface area is 230 Å². The molecule has 3 fully saturated rings. The van der Waals surface area contributed by atoms with Gasteiger partial charge in [0, 0.05) is 36.8 Å². The molecule has 0 spiro atoms. The number of amides is 3. The minimum atomic E-state index is -0.647. The zero-order valence-electron chi connectivity index (χ0n) is 23.1. The third-order valence-electron chi connectivity index (χ3n) is 8.72. The first-order valence-electron chi connectivity index (χ1n) is 14.5. The molecular weight excluding hydrogens is 494 g/mol. The highest BCUT2D eigenvalue weighted by molar-refractivity contribution is 5.98. The van der Waals surface area contributed by atoms with E-state index >= 15 is 0 Å². The summed E-state index contributed by atoms with van der Waals surface area (Å²) in [5, 5.41) is 7.13. The maximum absolute atomic E-state index is 13.7. The summed E-state index contributed by atoms with van der Waals surface area (Å²) in [4.78, 5) is 44.4. The van der Waals surface area contributed by atoms with Gasteiger partial charge >= 0.3 is 0 Å². The quantitative estimate of drug-likeness (QED) is 0.534. The third-order valence-corrected chi connectivity index (χ3v) is 8.72. The molecule has 2 aromatic rings. The molecule has 1 unspecified atom stereocenters. The van der Waals surface area contributed by atoms with Crippen LogP contribution in [-0.2, 0) is 4.79 Å². The lowest BCUT2D eigenvalue weighted by Crippen LogP contribution is -2.58. The lowest BCUT2D eigenvalue weighted by atomic mass is 9.82. The average Bonchev–Trinajstić information content (AvgIpc) is 3.69. The second kappa shape index (κ2) is 11.9. The van der Waals surface area contributed by atoms with E-state index in [2.05, 4.69) is 10.5 Å². The number of aromatic nitrogens is 1. The van der Waals surface area contributed by atoms with Crippen LogP contribution < -0.4 is 11.1 Å². The van der Waals surface area contributed by atoms with E-state index in [4.69, 9.17) is 10.3 Å². The van der Waals surface area contributed by atoms with Crippen molar-refractivity contribution in [1.29, 1.82) is 0 Å². The Hall–Kier alpha value is -3.20. The topological polar surface area (TPSA) is 122 Å². The number of nitrogens with two attached hydrogens (primary N) is 1. The number of benzene rings is 1. The van der Waals surface area contributed by atoms with E-state index in [0.717, 1.165) is 50.6 Å². The average molecular weight is 536 g/mol. The number of carbonyl (C=O) groups excluding carboxylic acids is 3. The van der Waals surface area contributed by atoms with Crippen molar-refractivity contribution in [2.75, 3.05) is 19.6 Å². The molecule has 0 radical (unpaired) electrons. The zero-order chi connectivity index (χ0) is 27.5. The Kier molecular flexibility index (Phi) is 8.35. The maximum Gasteiger partial charge on any atom is 0.276 e. The molecule has 2 aliphatic carbocycles. The van der Waals surface area contributed by atoms with Gasteiger partial charge in [-0.05, 0) is 95.7 Å². The maximum atomic E-state index is 13.7. The molecule has 2 heterocycles. The normalized spacial score (nSPS) is 25.3. The van der Waals surface area contributed by atoms with E-state index in [1.165, 1.54) is 0 Å². The van der Waals surface area contributed by atoms with E-state index in [-0.39, 0.29) is 29.8 Å². The largest absolute Gasteiger partial charge is 0.361 e. The Morgan fingerprint density at radius 1 is 1.00 bits per heavy atom. The monoisotopic (exact) mass is 535 g/mol. The van der Waals surface area contributed by atoms with Gasteiger partial charge in [0.1, 0.15) is 11.8 Å². The van der Waals surface area contributed by atoms with Gasteiger partial charge in [-0.1, -0.05) is 22.9 Å². The molecule has 1 aromatic carbocycles. The Bertz CT molecular complexity index is 1170. The summed E-state index contributed by atoms with van der Waals surface area (Å²) < 4.78 is 5.17. The fourth-order valence-corrected chi connectivity index (χ4v) is 6.17. The molecule has 1 aromatic heterocycles. The van der Waals surface area contributed by atoms with Crippen molar-refractivity contribution < 1.29 is 18.9 Å². The standard InChI is InChI=1S/C30H41N5O4/c1-19-3-9-23(10-4-19)29(37)34-14-13-25(35(24-11-12-24)30(38)26-15-20(2)39-33-26)16-27(34)28(36)32-18-22-7-5-21(17-31)6-8-22/h3-4,9-10,15,21-22,24-25,27H,5-8,11-14,16-18,31H2,1-2H3,(H,32,36)/t21?,22?,25?,27-/m1/s1. The predicted octanol–water partition coefficient (Wildman–Crippen LogP) is 3.45. The highest BCUT2D eigenvalue weighted by Gasteiger charge is 2.44. The third kappa shape index (κ3) is 6.35. The number of aryl methyl sites for hydroxylation is 2. The first-order chi connectivity index (χ1) is 18.8. The van der Waals surface area contributed by atoms with Gasteiger partial charge in [-0.3, -0.25) is 14.4 Å². The summed E-state index contributed by atoms with van der Waals surface area (Å²) >= 11 is 0. The van der Waals surface area contributed by atoms with Crippen LogP contribution in [0.15, 0.2) is 34.9 Å². The van der Waals surface area contributed by atoms with Crippen molar-refractivity contribution in [2.24, 2.45) is 17.6 Å². The molecule has 2 atom stereocenters. The number of piperidine rings is 1. The zero-order valence-corrected chi connectivity index (χ0v) is 23.1. The Balaban J connectivity index is 1.33. The SMILES string of the molecule is Cc1ccc(C(=O)N2CCC(N(C(=O)c3cc(C)on3)C3CC3)C[C@@H]2C(=O)NCC2CCC(CN)CC2)cc1. The van der Waals surface area contributed by atoms with Crippen molar-refractivity contribution in [3.05, 3.63) is 52.9 Å². The number of hydrogen-bond donors (Lipinski definition) is 2. The highest BCUT2D eigenvalue weighted by atomic mass is 16.5. The summed E-state index contributed by atoms with van der Waals surface area (Å²) in [6, 6.07) is 8.48. The fraction of sp³-hybridized carbons (Fsp3) is 0.600. The molecule has 3 N–H and O–H groups in total. The fourth-order valence-electron chi connectivity index (χ4n) is 6.17. The first-order valence-corrected chi connectivity index (χ1v) is 14.5. The van der Waals surface area contributed by atoms with Crippen molar-refractivity contribution in [3.8, 4) is 0 Å². The van der Waals surface area contributed by atoms with E-state index in [1.54, 1.807) is 17.9 Å². The number of nitrogens with one attached hydrogen (secondary N) is 1. The molecule has 0 bridgehead atoms. The van der Waals surface area contributed by atoms with E-state index < -0.39 is 6.04 Å². The van der Waals surface area contributed by atoms with Crippen LogP contribution in [0.5, 0.6) is 0 Å². The molecule has 1 aliphatic heterocycles. The smallest absolute Gasteiger partial charge is 0.276 e. The number of carbonyl (C=O) groups is 3. The van der Waals surface area contributed by atoms with Gasteiger partial charge in [-0.25, -0.2) is 0 Å². The highest BCUT2D eigenvalue weighted by Crippen LogP contribution is 2.35. The summed E-state index contributed by atoms with van der Waals surface area (Å²) in [6.45, 7) is 5.49. The van der Waals surface area contributed by atoms with Crippen LogP contribution in [0.4, 0.5) is 0 Å². The van der Waals surface area contributed by atoms with Crippen LogP contribution in [-0.4, -0.2) is 70.4 Å². The summed E-state index contributed by atoms with van der Waals surface area (Å²) in [6.07, 6.45) is 7.21. The van der Waals surface area contributed by atoms with Crippen LogP contribution in [0.25, 0.3) is 0 Å². The Morgan fingerprint density at radius 2 is 1.69 bits per heavy atom. The van der Waals surface area contributed by atoms with Crippen molar-refractivity contribution in [2.45, 2.75) is 83.3 Å². The van der Waals surface area contributed by atoms with E-state index in [0.29, 0.717) is 54.8 Å². The van der Waals surface area contributed by atoms with E-state index in [1.807, 2.05) is 36.1 Å². The molecule has 1 saturated heterocycles. The van der Waals surface area contributed by atoms with Crippen LogP contribution in [0.1, 0.15) is 83.5 Å². The second-order valence-electron chi connectivity index (χ2n) is 11.7. The van der Waals surface area contributed by atoms with Gasteiger partial charge in [0.2, 0.25) is 5.91 Å². The molecular formula is C30H41N5O4. The number of hydrogen-bond acceptors (Lipinski definition) is 6. The van der Waals surface area contributed by atoms with Gasteiger partial charge < -0.3 is 25.4 Å². The lowest BCUT2D eigenvalue weighted by molar-refractivity contribution is -0.127. The van der Waals surface area contributed by atoms with Crippen molar-refractivity contribution in [1.82, 2.24) is 20.3 Å². The van der Waals surface area contributed by atoms with Crippen molar-refractivity contribution >= 4 is 17.7 Å². The predicted molar refractivity (Wildman–Crippen MR) is 147 cm³/mol. The van der Waals surface area contributed by atoms with Crippen LogP contribution in [0, 0.1) is 25.7 Å². The molecule has 3 amide bonds. The molecule has 210 valence electrons. The van der Waals surface area contributed by atoms with Crippen LogP contribution in [0.3, 0.4) is 0 Å². The number of likely N-dealkylation sites (tertiary alicyclic amines) is 1. The van der Waals surface area contributed by atoms with Gasteiger partial charge in [-0.2, -0.15) is 0 Å². The van der Waals surface area contributed by atoms with Crippen LogP contribution >= 0.6 is 0 Å². The molecule has 3 aliphatic rings. The summed E-state index contributed by atoms with van der Waals surface area (Å²) in [5.41, 5.74) is 7.79. The first kappa shape index (κ1) is 27.4. The molecule has 39 heavy (non-hydrogen) atoms. The Morgan fingerprint density at radius 3 is 2.31 bits per heavy atom. The van der Waals surface area contributed by atoms with Crippen LogP contribution in [0.2, 0.25) is 0 Å². The van der Waals surface area contributed by atoms with Gasteiger partial charge in [0.15, 0.2) is 5.69 Å². The van der Waals surface area contributed by atoms with Gasteiger partial charge in [0.25, 0.3) is 11.8 Å². The van der Waals surface area contributed by atoms with Crippen molar-refractivity contribution in [3.63, 3.8) is 0 Å². The number of rotatable bonds is 8. The summed E-state index contributed by atoms with van der Waals surface area (Å²) in [7, 11) is 0. The minimum absolute atomic E-state index is 0.137. The number of nitrogens with zero attached hydrogens (tertiary/aromatic N) is 3. The van der Waals surface area contributed by atoms with Gasteiger partial charge in [-0.15, -0.1) is 0 Å². The van der Waals surface area contributed by atoms with Gasteiger partial charge in [0.05, 0.1) is 0 Å². The lowest BCUT2D eigenvalue weighted by Gasteiger charge is -2.43. The minimum Gasteiger partial charge on any atom is -0.361 e. The molecule has 9 heteroatoms.